The lowest BCUT2D eigenvalue weighted by Gasteiger charge is -2.35. The Labute approximate surface area is 213 Å². The van der Waals surface area contributed by atoms with Crippen molar-refractivity contribution in [3.63, 3.8) is 0 Å². The predicted molar refractivity (Wildman–Crippen MR) is 142 cm³/mol. The van der Waals surface area contributed by atoms with Gasteiger partial charge in [-0.2, -0.15) is 0 Å². The number of ether oxygens (including phenoxy) is 4. The summed E-state index contributed by atoms with van der Waals surface area (Å²) in [4.78, 5) is 17.5. The molecule has 1 saturated heterocycles. The molecular formula is C29H36N2O5. The van der Waals surface area contributed by atoms with Crippen LogP contribution in [-0.2, 0) is 6.54 Å². The van der Waals surface area contributed by atoms with Crippen molar-refractivity contribution in [3.8, 4) is 23.0 Å². The van der Waals surface area contributed by atoms with E-state index >= 15 is 0 Å². The molecule has 1 aliphatic heterocycles. The molecule has 3 aromatic carbocycles. The number of amides is 1. The first-order valence-corrected chi connectivity index (χ1v) is 12.5. The second kappa shape index (κ2) is 12.0. The highest BCUT2D eigenvalue weighted by molar-refractivity contribution is 5.98. The lowest BCUT2D eigenvalue weighted by molar-refractivity contribution is 0.0628. The summed E-state index contributed by atoms with van der Waals surface area (Å²) >= 11 is 0. The molecule has 4 rings (SSSR count). The van der Waals surface area contributed by atoms with E-state index in [0.29, 0.717) is 30.3 Å². The first-order chi connectivity index (χ1) is 17.6. The van der Waals surface area contributed by atoms with Gasteiger partial charge in [0.25, 0.3) is 5.91 Å². The van der Waals surface area contributed by atoms with Gasteiger partial charge in [0, 0.05) is 38.3 Å². The number of nitrogens with zero attached hydrogens (tertiary/aromatic N) is 2. The molecule has 192 valence electrons. The van der Waals surface area contributed by atoms with E-state index in [1.165, 1.54) is 0 Å². The maximum atomic E-state index is 13.2. The van der Waals surface area contributed by atoms with Crippen LogP contribution in [0.5, 0.6) is 23.0 Å². The zero-order valence-electron chi connectivity index (χ0n) is 21.7. The van der Waals surface area contributed by atoms with E-state index in [0.717, 1.165) is 66.7 Å². The van der Waals surface area contributed by atoms with Crippen molar-refractivity contribution in [3.05, 3.63) is 59.7 Å². The first kappa shape index (κ1) is 25.6. The number of piperazine rings is 1. The Morgan fingerprint density at radius 3 is 2.14 bits per heavy atom. The van der Waals surface area contributed by atoms with Crippen LogP contribution in [0.15, 0.2) is 48.5 Å². The lowest BCUT2D eigenvalue weighted by Crippen LogP contribution is -2.48. The van der Waals surface area contributed by atoms with E-state index < -0.39 is 0 Å². The Morgan fingerprint density at radius 2 is 1.50 bits per heavy atom. The van der Waals surface area contributed by atoms with Crippen LogP contribution in [0.4, 0.5) is 0 Å². The number of unbranched alkanes of at least 4 members (excludes halogenated alkanes) is 1. The molecule has 0 radical (unpaired) electrons. The molecule has 1 amide bonds. The highest BCUT2D eigenvalue weighted by Crippen LogP contribution is 2.38. The van der Waals surface area contributed by atoms with Crippen LogP contribution in [0.1, 0.15) is 35.7 Å². The maximum Gasteiger partial charge on any atom is 0.253 e. The zero-order chi connectivity index (χ0) is 25.5. The smallest absolute Gasteiger partial charge is 0.253 e. The minimum Gasteiger partial charge on any atom is -0.494 e. The quantitative estimate of drug-likeness (QED) is 0.371. The number of hydrogen-bond acceptors (Lipinski definition) is 6. The monoisotopic (exact) mass is 492 g/mol. The summed E-state index contributed by atoms with van der Waals surface area (Å²) < 4.78 is 22.2. The average Bonchev–Trinajstić information content (AvgIpc) is 2.92. The summed E-state index contributed by atoms with van der Waals surface area (Å²) in [6.45, 7) is 6.60. The van der Waals surface area contributed by atoms with Gasteiger partial charge in [0.05, 0.1) is 27.9 Å². The summed E-state index contributed by atoms with van der Waals surface area (Å²) in [5.41, 5.74) is 1.80. The minimum absolute atomic E-state index is 0.0765. The number of hydrogen-bond donors (Lipinski definition) is 0. The number of rotatable bonds is 10. The molecule has 1 aliphatic rings. The van der Waals surface area contributed by atoms with Gasteiger partial charge in [0.1, 0.15) is 5.75 Å². The molecule has 0 aliphatic carbocycles. The van der Waals surface area contributed by atoms with Crippen LogP contribution in [0, 0.1) is 0 Å². The summed E-state index contributed by atoms with van der Waals surface area (Å²) in [7, 11) is 4.85. The Kier molecular flexibility index (Phi) is 8.54. The van der Waals surface area contributed by atoms with Crippen LogP contribution in [0.2, 0.25) is 0 Å². The van der Waals surface area contributed by atoms with Crippen molar-refractivity contribution in [1.29, 1.82) is 0 Å². The molecule has 0 saturated carbocycles. The lowest BCUT2D eigenvalue weighted by atomic mass is 10.1. The maximum absolute atomic E-state index is 13.2. The largest absolute Gasteiger partial charge is 0.494 e. The third kappa shape index (κ3) is 5.85. The highest BCUT2D eigenvalue weighted by Gasteiger charge is 2.23. The standard InChI is InChI=1S/C29H36N2O5/c1-5-6-15-36-25-10-9-22-18-24(8-7-23(22)19-25)29(32)31-13-11-30(12-14-31)20-21-16-26(33-2)28(35-4)27(17-21)34-3/h7-10,16-19H,5-6,11-15,20H2,1-4H3. The van der Waals surface area contributed by atoms with Gasteiger partial charge in [0.2, 0.25) is 5.75 Å². The van der Waals surface area contributed by atoms with E-state index in [9.17, 15) is 4.79 Å². The van der Waals surface area contributed by atoms with Crippen molar-refractivity contribution < 1.29 is 23.7 Å². The van der Waals surface area contributed by atoms with Gasteiger partial charge in [-0.05, 0) is 59.2 Å². The SMILES string of the molecule is CCCCOc1ccc2cc(C(=O)N3CCN(Cc4cc(OC)c(OC)c(OC)c4)CC3)ccc2c1. The molecule has 0 N–H and O–H groups in total. The fourth-order valence-electron chi connectivity index (χ4n) is 4.56. The molecule has 0 spiro atoms. The fourth-order valence-corrected chi connectivity index (χ4v) is 4.56. The Balaban J connectivity index is 1.37. The Morgan fingerprint density at radius 1 is 0.833 bits per heavy atom. The molecule has 7 nitrogen and oxygen atoms in total. The van der Waals surface area contributed by atoms with E-state index in [2.05, 4.69) is 11.8 Å². The van der Waals surface area contributed by atoms with Crippen LogP contribution in [-0.4, -0.2) is 69.8 Å². The average molecular weight is 493 g/mol. The van der Waals surface area contributed by atoms with Crippen LogP contribution in [0.3, 0.4) is 0 Å². The van der Waals surface area contributed by atoms with Gasteiger partial charge in [-0.15, -0.1) is 0 Å². The number of carbonyl (C=O) groups excluding carboxylic acids is 1. The van der Waals surface area contributed by atoms with Crippen LogP contribution in [0.25, 0.3) is 10.8 Å². The van der Waals surface area contributed by atoms with Gasteiger partial charge in [-0.1, -0.05) is 25.5 Å². The Hall–Kier alpha value is -3.45. The van der Waals surface area contributed by atoms with Crippen LogP contribution >= 0.6 is 0 Å². The minimum atomic E-state index is 0.0765. The summed E-state index contributed by atoms with van der Waals surface area (Å²) in [6.07, 6.45) is 2.15. The molecular weight excluding hydrogens is 456 g/mol. The van der Waals surface area contributed by atoms with E-state index in [-0.39, 0.29) is 5.91 Å². The second-order valence-electron chi connectivity index (χ2n) is 9.03. The van der Waals surface area contributed by atoms with Crippen molar-refractivity contribution >= 4 is 16.7 Å². The summed E-state index contributed by atoms with van der Waals surface area (Å²) in [5.74, 6) is 2.84. The first-order valence-electron chi connectivity index (χ1n) is 12.5. The molecule has 36 heavy (non-hydrogen) atoms. The van der Waals surface area contributed by atoms with Gasteiger partial charge in [-0.3, -0.25) is 9.69 Å². The molecule has 0 atom stereocenters. The molecule has 1 fully saturated rings. The predicted octanol–water partition coefficient (Wildman–Crippen LogP) is 5.00. The Bertz CT molecular complexity index is 1160. The third-order valence-corrected chi connectivity index (χ3v) is 6.62. The van der Waals surface area contributed by atoms with Gasteiger partial charge >= 0.3 is 0 Å². The number of benzene rings is 3. The van der Waals surface area contributed by atoms with Gasteiger partial charge in [-0.25, -0.2) is 0 Å². The van der Waals surface area contributed by atoms with E-state index in [4.69, 9.17) is 18.9 Å². The van der Waals surface area contributed by atoms with Crippen molar-refractivity contribution in [2.24, 2.45) is 0 Å². The molecule has 0 bridgehead atoms. The molecule has 7 heteroatoms. The number of methoxy groups -OCH3 is 3. The summed E-state index contributed by atoms with van der Waals surface area (Å²) in [6, 6.07) is 15.9. The zero-order valence-corrected chi connectivity index (χ0v) is 21.7. The second-order valence-corrected chi connectivity index (χ2v) is 9.03. The van der Waals surface area contributed by atoms with E-state index in [1.807, 2.05) is 53.4 Å². The van der Waals surface area contributed by atoms with Crippen molar-refractivity contribution in [2.45, 2.75) is 26.3 Å². The van der Waals surface area contributed by atoms with Gasteiger partial charge in [0.15, 0.2) is 11.5 Å². The summed E-state index contributed by atoms with van der Waals surface area (Å²) in [5, 5.41) is 2.13. The molecule has 0 aromatic heterocycles. The normalized spacial score (nSPS) is 14.1. The molecule has 1 heterocycles. The topological polar surface area (TPSA) is 60.5 Å². The molecule has 3 aromatic rings. The third-order valence-electron chi connectivity index (χ3n) is 6.62. The molecule has 0 unspecified atom stereocenters. The van der Waals surface area contributed by atoms with Crippen molar-refractivity contribution in [2.75, 3.05) is 54.1 Å². The fraction of sp³-hybridized carbons (Fsp3) is 0.414. The highest BCUT2D eigenvalue weighted by atomic mass is 16.5. The van der Waals surface area contributed by atoms with Crippen molar-refractivity contribution in [1.82, 2.24) is 9.80 Å². The van der Waals surface area contributed by atoms with Crippen LogP contribution < -0.4 is 18.9 Å². The van der Waals surface area contributed by atoms with E-state index in [1.54, 1.807) is 21.3 Å². The van der Waals surface area contributed by atoms with Gasteiger partial charge < -0.3 is 23.8 Å². The number of fused-ring (bicyclic) bond motifs is 1. The number of carbonyl (C=O) groups is 1.